The summed E-state index contributed by atoms with van der Waals surface area (Å²) < 4.78 is 12.4. The van der Waals surface area contributed by atoms with Crippen LogP contribution >= 0.6 is 0 Å². The van der Waals surface area contributed by atoms with E-state index in [2.05, 4.69) is 0 Å². The van der Waals surface area contributed by atoms with Gasteiger partial charge >= 0.3 is 0 Å². The van der Waals surface area contributed by atoms with E-state index in [9.17, 15) is 14.7 Å². The van der Waals surface area contributed by atoms with Crippen LogP contribution in [0.4, 0.5) is 0 Å². The maximum absolute atomic E-state index is 14.0. The average Bonchev–Trinajstić information content (AvgIpc) is 3.03. The zero-order valence-corrected chi connectivity index (χ0v) is 23.8. The highest BCUT2D eigenvalue weighted by Crippen LogP contribution is 2.37. The SMILES string of the molecule is Cc1ccc(-c2cc(OCc3ccccc3)cc(OCc3ccccc3)c2C(=O)N(N)C(=O)Cc2cccc(O)c2)cc1. The Balaban J connectivity index is 1.55. The number of hydrazine groups is 1. The zero-order valence-electron chi connectivity index (χ0n) is 23.8. The third kappa shape index (κ3) is 7.47. The number of aryl methyl sites for hydroxylation is 1. The van der Waals surface area contributed by atoms with Crippen LogP contribution in [-0.2, 0) is 24.4 Å². The van der Waals surface area contributed by atoms with Crippen LogP contribution < -0.4 is 15.3 Å². The quantitative estimate of drug-likeness (QED) is 0.111. The lowest BCUT2D eigenvalue weighted by Gasteiger charge is -2.21. The van der Waals surface area contributed by atoms with Gasteiger partial charge in [0.15, 0.2) is 0 Å². The molecule has 0 radical (unpaired) electrons. The van der Waals surface area contributed by atoms with Crippen LogP contribution in [0.1, 0.15) is 32.6 Å². The first-order valence-electron chi connectivity index (χ1n) is 13.9. The smallest absolute Gasteiger partial charge is 0.279 e. The molecule has 216 valence electrons. The van der Waals surface area contributed by atoms with E-state index in [1.165, 1.54) is 12.1 Å². The molecule has 0 unspecified atom stereocenters. The first-order valence-corrected chi connectivity index (χ1v) is 13.9. The Kier molecular flexibility index (Phi) is 9.14. The average molecular weight is 573 g/mol. The number of hydrogen-bond acceptors (Lipinski definition) is 6. The number of imide groups is 1. The lowest BCUT2D eigenvalue weighted by Crippen LogP contribution is -2.43. The van der Waals surface area contributed by atoms with Crippen molar-refractivity contribution in [1.82, 2.24) is 5.01 Å². The Morgan fingerprint density at radius 3 is 1.95 bits per heavy atom. The number of amides is 2. The minimum atomic E-state index is -0.724. The number of carbonyl (C=O) groups excluding carboxylic acids is 2. The van der Waals surface area contributed by atoms with Crippen molar-refractivity contribution in [1.29, 1.82) is 0 Å². The Morgan fingerprint density at radius 2 is 1.33 bits per heavy atom. The minimum Gasteiger partial charge on any atom is -0.508 e. The molecule has 0 aliphatic heterocycles. The topological polar surface area (TPSA) is 102 Å². The van der Waals surface area contributed by atoms with E-state index in [1.807, 2.05) is 91.9 Å². The van der Waals surface area contributed by atoms with Gasteiger partial charge in [0.05, 0.1) is 12.0 Å². The van der Waals surface area contributed by atoms with Gasteiger partial charge in [-0.3, -0.25) is 9.59 Å². The molecule has 0 aliphatic carbocycles. The highest BCUT2D eigenvalue weighted by Gasteiger charge is 2.28. The molecule has 0 saturated carbocycles. The van der Waals surface area contributed by atoms with Crippen LogP contribution in [0.25, 0.3) is 11.1 Å². The molecule has 0 aromatic heterocycles. The summed E-state index contributed by atoms with van der Waals surface area (Å²) in [5, 5.41) is 10.4. The van der Waals surface area contributed by atoms with Crippen molar-refractivity contribution in [2.45, 2.75) is 26.6 Å². The number of rotatable bonds is 10. The van der Waals surface area contributed by atoms with E-state index in [-0.39, 0.29) is 30.1 Å². The Morgan fingerprint density at radius 1 is 0.721 bits per heavy atom. The second-order valence-corrected chi connectivity index (χ2v) is 10.2. The van der Waals surface area contributed by atoms with Gasteiger partial charge in [0.1, 0.15) is 30.5 Å². The van der Waals surface area contributed by atoms with Gasteiger partial charge in [-0.15, -0.1) is 0 Å². The molecule has 0 heterocycles. The summed E-state index contributed by atoms with van der Waals surface area (Å²) in [6, 6.07) is 36.7. The fourth-order valence-corrected chi connectivity index (χ4v) is 4.60. The number of nitrogens with two attached hydrogens (primary N) is 1. The van der Waals surface area contributed by atoms with Crippen molar-refractivity contribution in [3.63, 3.8) is 0 Å². The molecule has 2 amide bonds. The number of phenols is 1. The van der Waals surface area contributed by atoms with Crippen molar-refractivity contribution < 1.29 is 24.2 Å². The van der Waals surface area contributed by atoms with Gasteiger partial charge in [0.25, 0.3) is 5.91 Å². The molecule has 43 heavy (non-hydrogen) atoms. The predicted octanol–water partition coefficient (Wildman–Crippen LogP) is 6.61. The molecule has 0 atom stereocenters. The van der Waals surface area contributed by atoms with E-state index in [1.54, 1.807) is 24.3 Å². The third-order valence-electron chi connectivity index (χ3n) is 6.89. The Hall–Kier alpha value is -5.40. The summed E-state index contributed by atoms with van der Waals surface area (Å²) in [5.41, 5.74) is 4.85. The molecular formula is C36H32N2O5. The zero-order chi connectivity index (χ0) is 30.2. The van der Waals surface area contributed by atoms with Crippen LogP contribution in [0.15, 0.2) is 121 Å². The van der Waals surface area contributed by atoms with Gasteiger partial charge in [0.2, 0.25) is 5.91 Å². The largest absolute Gasteiger partial charge is 0.508 e. The van der Waals surface area contributed by atoms with E-state index < -0.39 is 11.8 Å². The number of benzene rings is 5. The molecule has 5 aromatic rings. The van der Waals surface area contributed by atoms with Gasteiger partial charge < -0.3 is 14.6 Å². The van der Waals surface area contributed by atoms with Crippen molar-refractivity contribution in [3.8, 4) is 28.4 Å². The van der Waals surface area contributed by atoms with Gasteiger partial charge in [-0.05, 0) is 47.4 Å². The van der Waals surface area contributed by atoms with Crippen molar-refractivity contribution in [2.75, 3.05) is 0 Å². The van der Waals surface area contributed by atoms with Crippen molar-refractivity contribution in [3.05, 3.63) is 149 Å². The summed E-state index contributed by atoms with van der Waals surface area (Å²) >= 11 is 0. The molecule has 5 aromatic carbocycles. The molecule has 0 spiro atoms. The summed E-state index contributed by atoms with van der Waals surface area (Å²) in [6.07, 6.45) is -0.172. The normalized spacial score (nSPS) is 10.7. The van der Waals surface area contributed by atoms with Gasteiger partial charge in [0, 0.05) is 11.6 Å². The number of carbonyl (C=O) groups is 2. The van der Waals surface area contributed by atoms with E-state index in [0.717, 1.165) is 22.3 Å². The lowest BCUT2D eigenvalue weighted by atomic mass is 9.96. The van der Waals surface area contributed by atoms with E-state index in [4.69, 9.17) is 15.3 Å². The van der Waals surface area contributed by atoms with Crippen molar-refractivity contribution >= 4 is 11.8 Å². The highest BCUT2D eigenvalue weighted by molar-refractivity contribution is 6.10. The van der Waals surface area contributed by atoms with Gasteiger partial charge in [-0.2, -0.15) is 0 Å². The molecule has 0 bridgehead atoms. The highest BCUT2D eigenvalue weighted by atomic mass is 16.5. The first kappa shape index (κ1) is 29.1. The predicted molar refractivity (Wildman–Crippen MR) is 165 cm³/mol. The molecule has 0 saturated heterocycles. The van der Waals surface area contributed by atoms with Crippen LogP contribution in [0, 0.1) is 6.92 Å². The van der Waals surface area contributed by atoms with Crippen molar-refractivity contribution in [2.24, 2.45) is 5.84 Å². The maximum Gasteiger partial charge on any atom is 0.279 e. The standard InChI is InChI=1S/C36H32N2O5/c1-25-15-17-29(18-16-25)32-21-31(42-23-26-9-4-2-5-10-26)22-33(43-24-27-11-6-3-7-12-27)35(32)36(41)38(37)34(40)20-28-13-8-14-30(39)19-28/h2-19,21-22,39H,20,23-24,37H2,1H3. The molecule has 5 rings (SSSR count). The van der Waals surface area contributed by atoms with Crippen LogP contribution in [0.2, 0.25) is 0 Å². The molecule has 3 N–H and O–H groups in total. The van der Waals surface area contributed by atoms with E-state index in [0.29, 0.717) is 28.5 Å². The Labute approximate surface area is 250 Å². The second-order valence-electron chi connectivity index (χ2n) is 10.2. The second kappa shape index (κ2) is 13.5. The molecule has 7 heteroatoms. The summed E-state index contributed by atoms with van der Waals surface area (Å²) in [7, 11) is 0. The number of aromatic hydroxyl groups is 1. The summed E-state index contributed by atoms with van der Waals surface area (Å²) in [4.78, 5) is 27.2. The fourth-order valence-electron chi connectivity index (χ4n) is 4.60. The molecule has 0 aliphatic rings. The maximum atomic E-state index is 14.0. The lowest BCUT2D eigenvalue weighted by molar-refractivity contribution is -0.128. The number of phenolic OH excluding ortho intramolecular Hbond substituents is 1. The van der Waals surface area contributed by atoms with Crippen LogP contribution in [-0.4, -0.2) is 21.9 Å². The van der Waals surface area contributed by atoms with E-state index >= 15 is 0 Å². The first-order chi connectivity index (χ1) is 20.9. The number of hydrogen-bond donors (Lipinski definition) is 2. The molecule has 7 nitrogen and oxygen atoms in total. The Bertz CT molecular complexity index is 1700. The van der Waals surface area contributed by atoms with Crippen LogP contribution in [0.3, 0.4) is 0 Å². The summed E-state index contributed by atoms with van der Waals surface area (Å²) in [5.74, 6) is 5.57. The monoisotopic (exact) mass is 572 g/mol. The number of ether oxygens (including phenoxy) is 2. The molecule has 0 fully saturated rings. The van der Waals surface area contributed by atoms with Crippen LogP contribution in [0.5, 0.6) is 17.2 Å². The molecular weight excluding hydrogens is 540 g/mol. The summed E-state index contributed by atoms with van der Waals surface area (Å²) in [6.45, 7) is 2.47. The third-order valence-corrected chi connectivity index (χ3v) is 6.89. The van der Waals surface area contributed by atoms with Gasteiger partial charge in [-0.25, -0.2) is 10.9 Å². The van der Waals surface area contributed by atoms with Gasteiger partial charge in [-0.1, -0.05) is 103 Å². The number of nitrogens with zero attached hydrogens (tertiary/aromatic N) is 1. The minimum absolute atomic E-state index is 0.0181. The fraction of sp³-hybridized carbons (Fsp3) is 0.111.